The van der Waals surface area contributed by atoms with E-state index in [1.54, 1.807) is 0 Å². The van der Waals surface area contributed by atoms with Crippen LogP contribution >= 0.6 is 0 Å². The maximum atomic E-state index is 10.9. The van der Waals surface area contributed by atoms with Crippen LogP contribution in [0.5, 0.6) is 0 Å². The highest BCUT2D eigenvalue weighted by atomic mass is 16.4. The average molecular weight is 210 g/mol. The van der Waals surface area contributed by atoms with Crippen molar-refractivity contribution in [2.24, 2.45) is 23.7 Å². The van der Waals surface area contributed by atoms with Gasteiger partial charge in [0.25, 0.3) is 0 Å². The normalized spacial score (nSPS) is 40.9. The number of fused-ring (bicyclic) bond motifs is 1. The summed E-state index contributed by atoms with van der Waals surface area (Å²) in [5.41, 5.74) is 0. The van der Waals surface area contributed by atoms with E-state index >= 15 is 0 Å². The van der Waals surface area contributed by atoms with Gasteiger partial charge in [-0.1, -0.05) is 19.8 Å². The summed E-state index contributed by atoms with van der Waals surface area (Å²) in [6.45, 7) is 2.29. The van der Waals surface area contributed by atoms with E-state index in [2.05, 4.69) is 6.92 Å². The van der Waals surface area contributed by atoms with Crippen molar-refractivity contribution in [2.75, 3.05) is 0 Å². The summed E-state index contributed by atoms with van der Waals surface area (Å²) in [6.07, 6.45) is 8.34. The highest BCUT2D eigenvalue weighted by Crippen LogP contribution is 2.45. The Morgan fingerprint density at radius 3 is 2.47 bits per heavy atom. The highest BCUT2D eigenvalue weighted by Gasteiger charge is 2.37. The minimum atomic E-state index is -0.564. The summed E-state index contributed by atoms with van der Waals surface area (Å²) < 4.78 is 0. The Morgan fingerprint density at radius 2 is 1.80 bits per heavy atom. The maximum Gasteiger partial charge on any atom is 0.306 e. The van der Waals surface area contributed by atoms with Gasteiger partial charge in [-0.15, -0.1) is 0 Å². The first-order valence-corrected chi connectivity index (χ1v) is 6.43. The van der Waals surface area contributed by atoms with E-state index in [-0.39, 0.29) is 5.92 Å². The van der Waals surface area contributed by atoms with Crippen molar-refractivity contribution in [3.8, 4) is 0 Å². The minimum Gasteiger partial charge on any atom is -0.481 e. The lowest BCUT2D eigenvalue weighted by Crippen LogP contribution is -2.33. The molecule has 4 unspecified atom stereocenters. The lowest BCUT2D eigenvalue weighted by Gasteiger charge is -2.41. The lowest BCUT2D eigenvalue weighted by atomic mass is 9.64. The SMILES string of the molecule is CCC1CCC2CC(C(=O)O)CCC2C1. The number of hydrogen-bond donors (Lipinski definition) is 1. The van der Waals surface area contributed by atoms with Crippen molar-refractivity contribution in [1.82, 2.24) is 0 Å². The second kappa shape index (κ2) is 4.54. The molecule has 2 aliphatic rings. The molecular formula is C13H22O2. The quantitative estimate of drug-likeness (QED) is 0.759. The molecular weight excluding hydrogens is 188 g/mol. The average Bonchev–Trinajstić information content (AvgIpc) is 2.27. The molecule has 2 saturated carbocycles. The van der Waals surface area contributed by atoms with Crippen LogP contribution in [-0.4, -0.2) is 11.1 Å². The van der Waals surface area contributed by atoms with E-state index in [1.807, 2.05) is 0 Å². The van der Waals surface area contributed by atoms with Crippen LogP contribution in [-0.2, 0) is 4.79 Å². The summed E-state index contributed by atoms with van der Waals surface area (Å²) in [5.74, 6) is 1.89. The topological polar surface area (TPSA) is 37.3 Å². The fraction of sp³-hybridized carbons (Fsp3) is 0.923. The zero-order chi connectivity index (χ0) is 10.8. The van der Waals surface area contributed by atoms with Gasteiger partial charge in [-0.25, -0.2) is 0 Å². The van der Waals surface area contributed by atoms with Gasteiger partial charge in [-0.05, 0) is 49.9 Å². The van der Waals surface area contributed by atoms with Crippen LogP contribution in [0.3, 0.4) is 0 Å². The molecule has 0 amide bonds. The number of carbonyl (C=O) groups is 1. The molecule has 0 aliphatic heterocycles. The molecule has 4 atom stereocenters. The first-order valence-electron chi connectivity index (χ1n) is 6.43. The van der Waals surface area contributed by atoms with E-state index in [9.17, 15) is 4.79 Å². The molecule has 2 heteroatoms. The van der Waals surface area contributed by atoms with Gasteiger partial charge in [0.2, 0.25) is 0 Å². The van der Waals surface area contributed by atoms with E-state index < -0.39 is 5.97 Å². The molecule has 15 heavy (non-hydrogen) atoms. The molecule has 2 rings (SSSR count). The number of carboxylic acid groups (broad SMARTS) is 1. The van der Waals surface area contributed by atoms with Crippen LogP contribution in [0, 0.1) is 23.7 Å². The van der Waals surface area contributed by atoms with Gasteiger partial charge in [-0.3, -0.25) is 4.79 Å². The van der Waals surface area contributed by atoms with Gasteiger partial charge in [-0.2, -0.15) is 0 Å². The molecule has 0 aromatic rings. The third-order valence-corrected chi connectivity index (χ3v) is 4.65. The first-order chi connectivity index (χ1) is 7.20. The molecule has 0 spiro atoms. The van der Waals surface area contributed by atoms with Crippen LogP contribution in [0.15, 0.2) is 0 Å². The van der Waals surface area contributed by atoms with Crippen LogP contribution in [0.25, 0.3) is 0 Å². The smallest absolute Gasteiger partial charge is 0.306 e. The van der Waals surface area contributed by atoms with Gasteiger partial charge in [0.1, 0.15) is 0 Å². The molecule has 0 radical (unpaired) electrons. The molecule has 2 nitrogen and oxygen atoms in total. The number of carboxylic acids is 1. The van der Waals surface area contributed by atoms with Gasteiger partial charge in [0.15, 0.2) is 0 Å². The summed E-state index contributed by atoms with van der Waals surface area (Å²) in [5, 5.41) is 9.03. The number of rotatable bonds is 2. The van der Waals surface area contributed by atoms with Crippen molar-refractivity contribution < 1.29 is 9.90 Å². The summed E-state index contributed by atoms with van der Waals surface area (Å²) >= 11 is 0. The van der Waals surface area contributed by atoms with Crippen LogP contribution in [0.1, 0.15) is 51.9 Å². The summed E-state index contributed by atoms with van der Waals surface area (Å²) in [4.78, 5) is 10.9. The van der Waals surface area contributed by atoms with Gasteiger partial charge in [0, 0.05) is 0 Å². The van der Waals surface area contributed by atoms with Crippen molar-refractivity contribution in [3.63, 3.8) is 0 Å². The fourth-order valence-corrected chi connectivity index (χ4v) is 3.58. The van der Waals surface area contributed by atoms with Gasteiger partial charge >= 0.3 is 5.97 Å². The molecule has 0 aromatic carbocycles. The van der Waals surface area contributed by atoms with Crippen LogP contribution in [0.4, 0.5) is 0 Å². The van der Waals surface area contributed by atoms with Crippen molar-refractivity contribution in [2.45, 2.75) is 51.9 Å². The zero-order valence-electron chi connectivity index (χ0n) is 9.61. The monoisotopic (exact) mass is 210 g/mol. The van der Waals surface area contributed by atoms with Gasteiger partial charge in [0.05, 0.1) is 5.92 Å². The third-order valence-electron chi connectivity index (χ3n) is 4.65. The van der Waals surface area contributed by atoms with E-state index in [1.165, 1.54) is 25.7 Å². The van der Waals surface area contributed by atoms with Crippen LogP contribution in [0.2, 0.25) is 0 Å². The highest BCUT2D eigenvalue weighted by molar-refractivity contribution is 5.70. The van der Waals surface area contributed by atoms with Crippen LogP contribution < -0.4 is 0 Å². The predicted molar refractivity (Wildman–Crippen MR) is 59.6 cm³/mol. The summed E-state index contributed by atoms with van der Waals surface area (Å²) in [6, 6.07) is 0. The molecule has 0 heterocycles. The lowest BCUT2D eigenvalue weighted by molar-refractivity contribution is -0.144. The Morgan fingerprint density at radius 1 is 1.13 bits per heavy atom. The Hall–Kier alpha value is -0.530. The Labute approximate surface area is 92.1 Å². The molecule has 0 saturated heterocycles. The Kier molecular flexibility index (Phi) is 3.32. The first kappa shape index (κ1) is 11.0. The number of hydrogen-bond acceptors (Lipinski definition) is 1. The predicted octanol–water partition coefficient (Wildman–Crippen LogP) is 3.31. The largest absolute Gasteiger partial charge is 0.481 e. The molecule has 1 N–H and O–H groups in total. The third kappa shape index (κ3) is 2.35. The second-order valence-corrected chi connectivity index (χ2v) is 5.46. The molecule has 2 fully saturated rings. The Bertz CT molecular complexity index is 237. The van der Waals surface area contributed by atoms with Crippen molar-refractivity contribution in [3.05, 3.63) is 0 Å². The molecule has 86 valence electrons. The van der Waals surface area contributed by atoms with Gasteiger partial charge < -0.3 is 5.11 Å². The van der Waals surface area contributed by atoms with Crippen molar-refractivity contribution in [1.29, 1.82) is 0 Å². The van der Waals surface area contributed by atoms with E-state index in [0.717, 1.165) is 37.0 Å². The number of aliphatic carboxylic acids is 1. The summed E-state index contributed by atoms with van der Waals surface area (Å²) in [7, 11) is 0. The fourth-order valence-electron chi connectivity index (χ4n) is 3.58. The molecule has 0 aromatic heterocycles. The van der Waals surface area contributed by atoms with Crippen molar-refractivity contribution >= 4 is 5.97 Å². The zero-order valence-corrected chi connectivity index (χ0v) is 9.61. The van der Waals surface area contributed by atoms with E-state index in [0.29, 0.717) is 0 Å². The second-order valence-electron chi connectivity index (χ2n) is 5.46. The Balaban J connectivity index is 1.91. The standard InChI is InChI=1S/C13H22O2/c1-2-9-3-4-11-8-12(13(14)15)6-5-10(11)7-9/h9-12H,2-8H2,1H3,(H,14,15). The maximum absolute atomic E-state index is 10.9. The van der Waals surface area contributed by atoms with E-state index in [4.69, 9.17) is 5.11 Å². The minimum absolute atomic E-state index is 0.0376. The molecule has 0 bridgehead atoms. The molecule has 2 aliphatic carbocycles.